The Balaban J connectivity index is 4.80. The lowest BCUT2D eigenvalue weighted by atomic mass is 9.64. The van der Waals surface area contributed by atoms with Crippen LogP contribution in [0.1, 0.15) is 74.7 Å². The topological polar surface area (TPSA) is 21.3 Å². The van der Waals surface area contributed by atoms with Crippen molar-refractivity contribution in [3.05, 3.63) is 0 Å². The lowest BCUT2D eigenvalue weighted by Gasteiger charge is -2.43. The predicted octanol–water partition coefficient (Wildman–Crippen LogP) is 5.04. The molecule has 1 N–H and O–H groups in total. The van der Waals surface area contributed by atoms with Crippen LogP contribution in [0.3, 0.4) is 0 Å². The molecule has 0 aromatic heterocycles. The van der Waals surface area contributed by atoms with Gasteiger partial charge in [0.1, 0.15) is 0 Å². The third kappa shape index (κ3) is 5.83. The highest BCUT2D eigenvalue weighted by atomic mass is 16.7. The van der Waals surface area contributed by atoms with Crippen molar-refractivity contribution in [1.29, 1.82) is 0 Å². The van der Waals surface area contributed by atoms with Crippen molar-refractivity contribution < 1.29 is 4.84 Å². The van der Waals surface area contributed by atoms with Crippen molar-refractivity contribution >= 4 is 0 Å². The Labute approximate surface area is 121 Å². The van der Waals surface area contributed by atoms with E-state index in [1.807, 2.05) is 7.05 Å². The SMILES string of the molecule is CCC(ONC)C(C)C(C)C(C)(C)CC(C)(C)CC. The summed E-state index contributed by atoms with van der Waals surface area (Å²) in [5.74, 6) is 1.19. The maximum Gasteiger partial charge on any atom is 0.0815 e. The van der Waals surface area contributed by atoms with E-state index in [4.69, 9.17) is 4.84 Å². The summed E-state index contributed by atoms with van der Waals surface area (Å²) in [5.41, 5.74) is 3.62. The smallest absolute Gasteiger partial charge is 0.0815 e. The van der Waals surface area contributed by atoms with Crippen LogP contribution in [-0.2, 0) is 4.84 Å². The summed E-state index contributed by atoms with van der Waals surface area (Å²) in [6.45, 7) is 18.8. The number of hydrogen-bond donors (Lipinski definition) is 1. The fourth-order valence-corrected chi connectivity index (χ4v) is 3.27. The second-order valence-electron chi connectivity index (χ2n) is 7.60. The van der Waals surface area contributed by atoms with Crippen molar-refractivity contribution in [2.24, 2.45) is 22.7 Å². The lowest BCUT2D eigenvalue weighted by molar-refractivity contribution is -0.0713. The molecular weight excluding hydrogens is 234 g/mol. The molecule has 0 aromatic carbocycles. The molecule has 0 rings (SSSR count). The van der Waals surface area contributed by atoms with Crippen LogP contribution < -0.4 is 5.48 Å². The standard InChI is InChI=1S/C17H37NO/c1-10-15(19-18-9)13(3)14(4)17(7,8)12-16(5,6)11-2/h13-15,18H,10-12H2,1-9H3. The molecule has 3 atom stereocenters. The monoisotopic (exact) mass is 271 g/mol. The summed E-state index contributed by atoms with van der Waals surface area (Å²) in [6.07, 6.45) is 3.85. The Morgan fingerprint density at radius 1 is 1.05 bits per heavy atom. The Morgan fingerprint density at radius 3 is 1.95 bits per heavy atom. The lowest BCUT2D eigenvalue weighted by Crippen LogP contribution is -2.38. The van der Waals surface area contributed by atoms with E-state index in [2.05, 4.69) is 60.9 Å². The first kappa shape index (κ1) is 18.9. The van der Waals surface area contributed by atoms with E-state index >= 15 is 0 Å². The van der Waals surface area contributed by atoms with Gasteiger partial charge >= 0.3 is 0 Å². The molecular formula is C17H37NO. The highest BCUT2D eigenvalue weighted by Gasteiger charge is 2.37. The van der Waals surface area contributed by atoms with Crippen LogP contribution in [0.2, 0.25) is 0 Å². The summed E-state index contributed by atoms with van der Waals surface area (Å²) in [7, 11) is 1.85. The number of rotatable bonds is 9. The molecule has 0 amide bonds. The summed E-state index contributed by atoms with van der Waals surface area (Å²) in [6, 6.07) is 0. The van der Waals surface area contributed by atoms with Crippen LogP contribution >= 0.6 is 0 Å². The third-order valence-electron chi connectivity index (χ3n) is 5.17. The minimum absolute atomic E-state index is 0.295. The van der Waals surface area contributed by atoms with Crippen LogP contribution in [0, 0.1) is 22.7 Å². The highest BCUT2D eigenvalue weighted by Crippen LogP contribution is 2.44. The average molecular weight is 271 g/mol. The molecule has 0 spiro atoms. The Hall–Kier alpha value is -0.0800. The van der Waals surface area contributed by atoms with Crippen molar-refractivity contribution in [2.75, 3.05) is 7.05 Å². The molecule has 0 saturated carbocycles. The highest BCUT2D eigenvalue weighted by molar-refractivity contribution is 4.86. The average Bonchev–Trinajstić information content (AvgIpc) is 2.33. The largest absolute Gasteiger partial charge is 0.299 e. The molecule has 0 heterocycles. The van der Waals surface area contributed by atoms with Gasteiger partial charge in [-0.15, -0.1) is 0 Å². The van der Waals surface area contributed by atoms with Crippen molar-refractivity contribution in [3.63, 3.8) is 0 Å². The maximum atomic E-state index is 5.68. The number of hydroxylamine groups is 1. The Kier molecular flexibility index (Phi) is 7.60. The van der Waals surface area contributed by atoms with E-state index in [-0.39, 0.29) is 0 Å². The van der Waals surface area contributed by atoms with Crippen LogP contribution in [0.15, 0.2) is 0 Å². The summed E-state index contributed by atoms with van der Waals surface area (Å²) < 4.78 is 0. The minimum Gasteiger partial charge on any atom is -0.299 e. The summed E-state index contributed by atoms with van der Waals surface area (Å²) in [5, 5.41) is 0. The van der Waals surface area contributed by atoms with Crippen molar-refractivity contribution in [3.8, 4) is 0 Å². The molecule has 2 heteroatoms. The van der Waals surface area contributed by atoms with Gasteiger partial charge in [0, 0.05) is 7.05 Å². The van der Waals surface area contributed by atoms with E-state index in [0.29, 0.717) is 28.8 Å². The molecule has 0 aliphatic carbocycles. The zero-order valence-corrected chi connectivity index (χ0v) is 14.8. The molecule has 2 nitrogen and oxygen atoms in total. The predicted molar refractivity (Wildman–Crippen MR) is 85.0 cm³/mol. The fourth-order valence-electron chi connectivity index (χ4n) is 3.27. The van der Waals surface area contributed by atoms with Crippen LogP contribution in [0.4, 0.5) is 0 Å². The Morgan fingerprint density at radius 2 is 1.58 bits per heavy atom. The van der Waals surface area contributed by atoms with E-state index in [9.17, 15) is 0 Å². The van der Waals surface area contributed by atoms with E-state index in [0.717, 1.165) is 6.42 Å². The zero-order chi connectivity index (χ0) is 15.3. The first-order valence-corrected chi connectivity index (χ1v) is 7.93. The fraction of sp³-hybridized carbons (Fsp3) is 1.00. The van der Waals surface area contributed by atoms with Crippen LogP contribution in [0.5, 0.6) is 0 Å². The van der Waals surface area contributed by atoms with E-state index < -0.39 is 0 Å². The van der Waals surface area contributed by atoms with Crippen LogP contribution in [0.25, 0.3) is 0 Å². The van der Waals surface area contributed by atoms with E-state index in [1.165, 1.54) is 12.8 Å². The summed E-state index contributed by atoms with van der Waals surface area (Å²) >= 11 is 0. The summed E-state index contributed by atoms with van der Waals surface area (Å²) in [4.78, 5) is 5.68. The van der Waals surface area contributed by atoms with Gasteiger partial charge in [0.25, 0.3) is 0 Å². The van der Waals surface area contributed by atoms with E-state index in [1.54, 1.807) is 0 Å². The van der Waals surface area contributed by atoms with Gasteiger partial charge in [0.05, 0.1) is 6.10 Å². The molecule has 0 fully saturated rings. The van der Waals surface area contributed by atoms with Gasteiger partial charge in [0.15, 0.2) is 0 Å². The number of nitrogens with one attached hydrogen (secondary N) is 1. The normalized spacial score (nSPS) is 18.2. The Bertz CT molecular complexity index is 248. The molecule has 0 bridgehead atoms. The van der Waals surface area contributed by atoms with Crippen molar-refractivity contribution in [2.45, 2.75) is 80.8 Å². The van der Waals surface area contributed by atoms with Gasteiger partial charge in [-0.25, -0.2) is 5.48 Å². The first-order valence-electron chi connectivity index (χ1n) is 7.93. The minimum atomic E-state index is 0.295. The molecule has 3 unspecified atom stereocenters. The molecule has 116 valence electrons. The maximum absolute atomic E-state index is 5.68. The van der Waals surface area contributed by atoms with Crippen LogP contribution in [-0.4, -0.2) is 13.2 Å². The molecule has 0 aliphatic heterocycles. The molecule has 0 aliphatic rings. The quantitative estimate of drug-likeness (QED) is 0.593. The van der Waals surface area contributed by atoms with Gasteiger partial charge in [-0.3, -0.25) is 4.84 Å². The number of hydrogen-bond acceptors (Lipinski definition) is 2. The van der Waals surface area contributed by atoms with Gasteiger partial charge < -0.3 is 0 Å². The molecule has 0 aromatic rings. The van der Waals surface area contributed by atoms with Gasteiger partial charge in [-0.1, -0.05) is 61.8 Å². The van der Waals surface area contributed by atoms with Gasteiger partial charge in [0.2, 0.25) is 0 Å². The molecule has 0 radical (unpaired) electrons. The van der Waals surface area contributed by atoms with Crippen molar-refractivity contribution in [1.82, 2.24) is 5.48 Å². The second kappa shape index (κ2) is 7.64. The third-order valence-corrected chi connectivity index (χ3v) is 5.17. The molecule has 0 saturated heterocycles. The first-order chi connectivity index (χ1) is 8.61. The second-order valence-corrected chi connectivity index (χ2v) is 7.60. The van der Waals surface area contributed by atoms with Gasteiger partial charge in [-0.05, 0) is 35.5 Å². The van der Waals surface area contributed by atoms with Gasteiger partial charge in [-0.2, -0.15) is 0 Å². The zero-order valence-electron chi connectivity index (χ0n) is 14.8. The molecule has 19 heavy (non-hydrogen) atoms.